The molecule has 2 aliphatic heterocycles. The lowest BCUT2D eigenvalue weighted by Crippen LogP contribution is -2.37. The van der Waals surface area contributed by atoms with Crippen LogP contribution >= 0.6 is 0 Å². The summed E-state index contributed by atoms with van der Waals surface area (Å²) in [4.78, 5) is 18.0. The van der Waals surface area contributed by atoms with Crippen molar-refractivity contribution in [2.45, 2.75) is 58.3 Å². The Balaban J connectivity index is 1.76. The molecule has 0 aromatic carbocycles. The van der Waals surface area contributed by atoms with Gasteiger partial charge in [0.1, 0.15) is 5.82 Å². The van der Waals surface area contributed by atoms with Crippen LogP contribution in [0.2, 0.25) is 0 Å². The topological polar surface area (TPSA) is 59.4 Å². The summed E-state index contributed by atoms with van der Waals surface area (Å²) in [7, 11) is 1.43. The van der Waals surface area contributed by atoms with Crippen LogP contribution < -0.4 is 5.32 Å². The predicted octanol–water partition coefficient (Wildman–Crippen LogP) is 1.46. The van der Waals surface area contributed by atoms with E-state index < -0.39 is 0 Å². The lowest BCUT2D eigenvalue weighted by atomic mass is 10.1. The average molecular weight is 292 g/mol. The van der Waals surface area contributed by atoms with Crippen LogP contribution in [0.4, 0.5) is 4.79 Å². The monoisotopic (exact) mass is 292 g/mol. The van der Waals surface area contributed by atoms with E-state index in [4.69, 9.17) is 4.74 Å². The normalized spacial score (nSPS) is 25.0. The van der Waals surface area contributed by atoms with E-state index in [9.17, 15) is 4.79 Å². The molecule has 0 saturated carbocycles. The number of carbonyl (C=O) groups excluding carboxylic acids is 1. The van der Waals surface area contributed by atoms with E-state index in [0.717, 1.165) is 24.5 Å². The lowest BCUT2D eigenvalue weighted by molar-refractivity contribution is 0.117. The summed E-state index contributed by atoms with van der Waals surface area (Å²) in [5.74, 6) is 1.05. The van der Waals surface area contributed by atoms with Crippen molar-refractivity contribution >= 4 is 6.09 Å². The van der Waals surface area contributed by atoms with Crippen molar-refractivity contribution in [3.63, 3.8) is 0 Å². The molecule has 6 nitrogen and oxygen atoms in total. The first-order valence-electron chi connectivity index (χ1n) is 7.72. The Morgan fingerprint density at radius 1 is 1.48 bits per heavy atom. The number of aryl methyl sites for hydroxylation is 1. The van der Waals surface area contributed by atoms with Gasteiger partial charge in [0.25, 0.3) is 0 Å². The van der Waals surface area contributed by atoms with Gasteiger partial charge in [-0.15, -0.1) is 0 Å². The highest BCUT2D eigenvalue weighted by atomic mass is 16.5. The zero-order chi connectivity index (χ0) is 15.0. The number of hydrogen-bond donors (Lipinski definition) is 1. The van der Waals surface area contributed by atoms with Crippen molar-refractivity contribution in [3.05, 3.63) is 17.2 Å². The van der Waals surface area contributed by atoms with Gasteiger partial charge in [-0.25, -0.2) is 9.78 Å². The van der Waals surface area contributed by atoms with Gasteiger partial charge in [-0.2, -0.15) is 0 Å². The molecule has 0 radical (unpaired) electrons. The second-order valence-electron chi connectivity index (χ2n) is 6.15. The zero-order valence-electron chi connectivity index (χ0n) is 13.1. The van der Waals surface area contributed by atoms with E-state index in [1.807, 2.05) is 0 Å². The molecule has 0 spiro atoms. The number of rotatable bonds is 2. The van der Waals surface area contributed by atoms with Crippen LogP contribution in [0.15, 0.2) is 0 Å². The fraction of sp³-hybridized carbons (Fsp3) is 0.733. The van der Waals surface area contributed by atoms with Crippen molar-refractivity contribution in [1.29, 1.82) is 0 Å². The van der Waals surface area contributed by atoms with E-state index in [-0.39, 0.29) is 6.09 Å². The Kier molecular flexibility index (Phi) is 3.89. The predicted molar refractivity (Wildman–Crippen MR) is 79.1 cm³/mol. The van der Waals surface area contributed by atoms with Crippen molar-refractivity contribution < 1.29 is 9.53 Å². The van der Waals surface area contributed by atoms with Crippen LogP contribution in [0.1, 0.15) is 37.0 Å². The van der Waals surface area contributed by atoms with Gasteiger partial charge in [-0.1, -0.05) is 0 Å². The van der Waals surface area contributed by atoms with Crippen molar-refractivity contribution in [1.82, 2.24) is 19.8 Å². The Morgan fingerprint density at radius 3 is 2.95 bits per heavy atom. The highest BCUT2D eigenvalue weighted by Gasteiger charge is 2.28. The van der Waals surface area contributed by atoms with Gasteiger partial charge in [0.15, 0.2) is 0 Å². The van der Waals surface area contributed by atoms with Crippen molar-refractivity contribution in [2.24, 2.45) is 0 Å². The quantitative estimate of drug-likeness (QED) is 0.896. The van der Waals surface area contributed by atoms with Gasteiger partial charge in [-0.05, 0) is 26.7 Å². The molecule has 1 saturated heterocycles. The van der Waals surface area contributed by atoms with Gasteiger partial charge in [0.2, 0.25) is 0 Å². The summed E-state index contributed by atoms with van der Waals surface area (Å²) >= 11 is 0. The zero-order valence-corrected chi connectivity index (χ0v) is 13.1. The SMILES string of the molecule is COC(=O)N1CCc2c(nc(C)n2CC2CCC(C)N2)C1. The third-order valence-electron chi connectivity index (χ3n) is 4.61. The average Bonchev–Trinajstić information content (AvgIpc) is 3.02. The molecule has 1 fully saturated rings. The number of hydrogen-bond acceptors (Lipinski definition) is 4. The number of imidazole rings is 1. The van der Waals surface area contributed by atoms with Crippen molar-refractivity contribution in [3.8, 4) is 0 Å². The molecule has 2 atom stereocenters. The molecule has 2 unspecified atom stereocenters. The number of nitrogens with zero attached hydrogens (tertiary/aromatic N) is 3. The summed E-state index contributed by atoms with van der Waals surface area (Å²) in [5.41, 5.74) is 2.31. The number of methoxy groups -OCH3 is 1. The van der Waals surface area contributed by atoms with Crippen LogP contribution in [0, 0.1) is 6.92 Å². The first kappa shape index (κ1) is 14.4. The van der Waals surface area contributed by atoms with Crippen LogP contribution in [0.3, 0.4) is 0 Å². The summed E-state index contributed by atoms with van der Waals surface area (Å²) in [5, 5.41) is 3.63. The molecule has 0 aliphatic carbocycles. The Labute approximate surface area is 125 Å². The maximum atomic E-state index is 11.6. The highest BCUT2D eigenvalue weighted by molar-refractivity contribution is 5.67. The lowest BCUT2D eigenvalue weighted by Gasteiger charge is -2.26. The molecule has 3 heterocycles. The standard InChI is InChI=1S/C15H24N4O2/c1-10-4-5-12(16-10)8-19-11(2)17-13-9-18(15(20)21-3)7-6-14(13)19/h10,12,16H,4-9H2,1-3H3. The fourth-order valence-electron chi connectivity index (χ4n) is 3.49. The Bertz CT molecular complexity index is 540. The highest BCUT2D eigenvalue weighted by Crippen LogP contribution is 2.23. The number of nitrogens with one attached hydrogen (secondary N) is 1. The molecule has 2 aliphatic rings. The van der Waals surface area contributed by atoms with Crippen LogP contribution in [-0.2, 0) is 24.2 Å². The fourth-order valence-corrected chi connectivity index (χ4v) is 3.49. The van der Waals surface area contributed by atoms with Crippen LogP contribution in [0.25, 0.3) is 0 Å². The van der Waals surface area contributed by atoms with Gasteiger partial charge < -0.3 is 19.5 Å². The maximum Gasteiger partial charge on any atom is 0.409 e. The summed E-state index contributed by atoms with van der Waals surface area (Å²) in [6.45, 7) is 6.55. The van der Waals surface area contributed by atoms with E-state index in [1.54, 1.807) is 4.90 Å². The number of ether oxygens (including phenoxy) is 1. The molecular weight excluding hydrogens is 268 g/mol. The minimum Gasteiger partial charge on any atom is -0.453 e. The smallest absolute Gasteiger partial charge is 0.409 e. The first-order chi connectivity index (χ1) is 10.1. The molecule has 3 rings (SSSR count). The van der Waals surface area contributed by atoms with Gasteiger partial charge >= 0.3 is 6.09 Å². The van der Waals surface area contributed by atoms with Gasteiger partial charge in [0.05, 0.1) is 19.3 Å². The van der Waals surface area contributed by atoms with E-state index in [1.165, 1.54) is 25.6 Å². The molecular formula is C15H24N4O2. The number of fused-ring (bicyclic) bond motifs is 1. The summed E-state index contributed by atoms with van der Waals surface area (Å²) < 4.78 is 7.14. The summed E-state index contributed by atoms with van der Waals surface area (Å²) in [6.07, 6.45) is 3.06. The first-order valence-corrected chi connectivity index (χ1v) is 7.72. The van der Waals surface area contributed by atoms with Crippen LogP contribution in [-0.4, -0.2) is 46.3 Å². The number of aromatic nitrogens is 2. The maximum absolute atomic E-state index is 11.6. The van der Waals surface area contributed by atoms with Gasteiger partial charge in [0, 0.05) is 37.3 Å². The third-order valence-corrected chi connectivity index (χ3v) is 4.61. The molecule has 6 heteroatoms. The Morgan fingerprint density at radius 2 is 2.29 bits per heavy atom. The molecule has 0 bridgehead atoms. The molecule has 1 N–H and O–H groups in total. The minimum absolute atomic E-state index is 0.265. The second-order valence-corrected chi connectivity index (χ2v) is 6.15. The second kappa shape index (κ2) is 5.67. The summed E-state index contributed by atoms with van der Waals surface area (Å²) in [6, 6.07) is 1.15. The van der Waals surface area contributed by atoms with Gasteiger partial charge in [-0.3, -0.25) is 0 Å². The molecule has 21 heavy (non-hydrogen) atoms. The molecule has 1 aromatic rings. The largest absolute Gasteiger partial charge is 0.453 e. The minimum atomic E-state index is -0.265. The van der Waals surface area contributed by atoms with E-state index >= 15 is 0 Å². The van der Waals surface area contributed by atoms with Crippen LogP contribution in [0.5, 0.6) is 0 Å². The molecule has 1 amide bonds. The molecule has 116 valence electrons. The third kappa shape index (κ3) is 2.77. The van der Waals surface area contributed by atoms with E-state index in [0.29, 0.717) is 25.2 Å². The number of amides is 1. The molecule has 1 aromatic heterocycles. The van der Waals surface area contributed by atoms with Crippen molar-refractivity contribution in [2.75, 3.05) is 13.7 Å². The number of carbonyl (C=O) groups is 1. The Hall–Kier alpha value is -1.56. The van der Waals surface area contributed by atoms with E-state index in [2.05, 4.69) is 28.7 Å².